The molecule has 122 valence electrons. The normalized spacial score (nSPS) is 18.0. The first-order chi connectivity index (χ1) is 11.0. The Balaban J connectivity index is 1.97. The van der Waals surface area contributed by atoms with Crippen LogP contribution in [-0.2, 0) is 9.59 Å². The maximum Gasteiger partial charge on any atom is 0.308 e. The van der Waals surface area contributed by atoms with Crippen molar-refractivity contribution < 1.29 is 19.5 Å². The van der Waals surface area contributed by atoms with Crippen LogP contribution >= 0.6 is 0 Å². The number of carboxylic acids is 1. The number of likely N-dealkylation sites (tertiary alicyclic amines) is 1. The number of hydrogen-bond acceptors (Lipinski definition) is 3. The minimum absolute atomic E-state index is 0.162. The van der Waals surface area contributed by atoms with Gasteiger partial charge >= 0.3 is 5.97 Å². The van der Waals surface area contributed by atoms with Gasteiger partial charge in [-0.2, -0.15) is 0 Å². The molecule has 6 heteroatoms. The standard InChI is InChI=1S/C17H20N2O4/c1-18-16(21)13-7-4-12(5-8-13)6-9-15(20)19-10-2-3-14(11-19)17(22)23/h4-9,14H,2-3,10-11H2,1H3,(H,18,21)(H,22,23). The van der Waals surface area contributed by atoms with Crippen molar-refractivity contribution in [3.05, 3.63) is 41.5 Å². The Morgan fingerprint density at radius 2 is 1.96 bits per heavy atom. The van der Waals surface area contributed by atoms with Crippen LogP contribution in [0, 0.1) is 5.92 Å². The number of nitrogens with one attached hydrogen (secondary N) is 1. The minimum Gasteiger partial charge on any atom is -0.481 e. The van der Waals surface area contributed by atoms with Crippen molar-refractivity contribution >= 4 is 23.9 Å². The van der Waals surface area contributed by atoms with Gasteiger partial charge in [-0.15, -0.1) is 0 Å². The van der Waals surface area contributed by atoms with Gasteiger partial charge in [0.1, 0.15) is 0 Å². The first kappa shape index (κ1) is 16.7. The molecule has 0 bridgehead atoms. The third-order valence-electron chi connectivity index (χ3n) is 3.90. The Morgan fingerprint density at radius 1 is 1.26 bits per heavy atom. The van der Waals surface area contributed by atoms with E-state index in [1.807, 2.05) is 0 Å². The number of amides is 2. The molecule has 1 unspecified atom stereocenters. The van der Waals surface area contributed by atoms with Crippen LogP contribution in [-0.4, -0.2) is 47.9 Å². The lowest BCUT2D eigenvalue weighted by molar-refractivity contribution is -0.144. The fourth-order valence-electron chi connectivity index (χ4n) is 2.54. The maximum absolute atomic E-state index is 12.1. The van der Waals surface area contributed by atoms with Crippen LogP contribution in [0.5, 0.6) is 0 Å². The van der Waals surface area contributed by atoms with E-state index < -0.39 is 11.9 Å². The zero-order valence-electron chi connectivity index (χ0n) is 13.0. The molecule has 6 nitrogen and oxygen atoms in total. The monoisotopic (exact) mass is 316 g/mol. The summed E-state index contributed by atoms with van der Waals surface area (Å²) in [5.74, 6) is -1.68. The van der Waals surface area contributed by atoms with Crippen LogP contribution in [0.25, 0.3) is 6.08 Å². The number of piperidine rings is 1. The molecule has 1 heterocycles. The van der Waals surface area contributed by atoms with Crippen LogP contribution < -0.4 is 5.32 Å². The SMILES string of the molecule is CNC(=O)c1ccc(C=CC(=O)N2CCCC(C(=O)O)C2)cc1. The maximum atomic E-state index is 12.1. The van der Waals surface area contributed by atoms with E-state index >= 15 is 0 Å². The molecule has 1 fully saturated rings. The Hall–Kier alpha value is -2.63. The molecule has 0 radical (unpaired) electrons. The average Bonchev–Trinajstić information content (AvgIpc) is 2.59. The van der Waals surface area contributed by atoms with E-state index in [-0.39, 0.29) is 18.4 Å². The van der Waals surface area contributed by atoms with Gasteiger partial charge in [-0.25, -0.2) is 0 Å². The van der Waals surface area contributed by atoms with Gasteiger partial charge < -0.3 is 15.3 Å². The van der Waals surface area contributed by atoms with Crippen LogP contribution in [0.1, 0.15) is 28.8 Å². The molecule has 0 aromatic heterocycles. The summed E-state index contributed by atoms with van der Waals surface area (Å²) >= 11 is 0. The predicted molar refractivity (Wildman–Crippen MR) is 85.8 cm³/mol. The smallest absolute Gasteiger partial charge is 0.308 e. The van der Waals surface area contributed by atoms with Crippen molar-refractivity contribution in [1.82, 2.24) is 10.2 Å². The molecule has 0 saturated carbocycles. The topological polar surface area (TPSA) is 86.7 Å². The first-order valence-corrected chi connectivity index (χ1v) is 7.53. The molecule has 2 rings (SSSR count). The Bertz CT molecular complexity index is 622. The fourth-order valence-corrected chi connectivity index (χ4v) is 2.54. The molecule has 2 N–H and O–H groups in total. The van der Waals surface area contributed by atoms with Crippen LogP contribution in [0.15, 0.2) is 30.3 Å². The second-order valence-electron chi connectivity index (χ2n) is 5.50. The molecule has 2 amide bonds. The fraction of sp³-hybridized carbons (Fsp3) is 0.353. The summed E-state index contributed by atoms with van der Waals surface area (Å²) in [7, 11) is 1.57. The number of carboxylic acid groups (broad SMARTS) is 1. The van der Waals surface area contributed by atoms with Gasteiger partial charge in [0.05, 0.1) is 5.92 Å². The molecule has 1 atom stereocenters. The van der Waals surface area contributed by atoms with Gasteiger partial charge in [0.2, 0.25) is 5.91 Å². The summed E-state index contributed by atoms with van der Waals surface area (Å²) in [5, 5.41) is 11.6. The van der Waals surface area contributed by atoms with Crippen molar-refractivity contribution in [3.8, 4) is 0 Å². The summed E-state index contributed by atoms with van der Waals surface area (Å²) in [6.45, 7) is 0.844. The minimum atomic E-state index is -0.851. The zero-order chi connectivity index (χ0) is 16.8. The average molecular weight is 316 g/mol. The van der Waals surface area contributed by atoms with E-state index in [0.29, 0.717) is 24.9 Å². The highest BCUT2D eigenvalue weighted by Gasteiger charge is 2.27. The highest BCUT2D eigenvalue weighted by molar-refractivity contribution is 5.95. The molecule has 1 aliphatic rings. The number of carbonyl (C=O) groups is 3. The molecular formula is C17H20N2O4. The number of carbonyl (C=O) groups excluding carboxylic acids is 2. The van der Waals surface area contributed by atoms with Crippen LogP contribution in [0.2, 0.25) is 0 Å². The lowest BCUT2D eigenvalue weighted by Crippen LogP contribution is -2.41. The zero-order valence-corrected chi connectivity index (χ0v) is 13.0. The van der Waals surface area contributed by atoms with Crippen molar-refractivity contribution in [2.75, 3.05) is 20.1 Å². The van der Waals surface area contributed by atoms with Gasteiger partial charge in [-0.05, 0) is 36.6 Å². The molecule has 0 aliphatic carbocycles. The lowest BCUT2D eigenvalue weighted by atomic mass is 9.98. The van der Waals surface area contributed by atoms with Gasteiger partial charge in [0.25, 0.3) is 5.91 Å². The number of rotatable bonds is 4. The van der Waals surface area contributed by atoms with E-state index in [0.717, 1.165) is 5.56 Å². The van der Waals surface area contributed by atoms with E-state index in [1.165, 1.54) is 6.08 Å². The third kappa shape index (κ3) is 4.42. The number of benzene rings is 1. The molecule has 1 aromatic carbocycles. The quantitative estimate of drug-likeness (QED) is 0.822. The second-order valence-corrected chi connectivity index (χ2v) is 5.50. The molecular weight excluding hydrogens is 296 g/mol. The summed E-state index contributed by atoms with van der Waals surface area (Å²) in [6.07, 6.45) is 4.43. The molecule has 23 heavy (non-hydrogen) atoms. The van der Waals surface area contributed by atoms with E-state index in [1.54, 1.807) is 42.3 Å². The number of nitrogens with zero attached hydrogens (tertiary/aromatic N) is 1. The highest BCUT2D eigenvalue weighted by Crippen LogP contribution is 2.17. The van der Waals surface area contributed by atoms with Gasteiger partial charge in [-0.1, -0.05) is 12.1 Å². The third-order valence-corrected chi connectivity index (χ3v) is 3.90. The summed E-state index contributed by atoms with van der Waals surface area (Å²) in [6, 6.07) is 6.88. The summed E-state index contributed by atoms with van der Waals surface area (Å²) in [4.78, 5) is 36.2. The molecule has 1 aromatic rings. The van der Waals surface area contributed by atoms with Gasteiger partial charge in [-0.3, -0.25) is 14.4 Å². The van der Waals surface area contributed by atoms with Crippen LogP contribution in [0.3, 0.4) is 0 Å². The highest BCUT2D eigenvalue weighted by atomic mass is 16.4. The predicted octanol–water partition coefficient (Wildman–Crippen LogP) is 1.38. The van der Waals surface area contributed by atoms with E-state index in [2.05, 4.69) is 5.32 Å². The molecule has 1 saturated heterocycles. The van der Waals surface area contributed by atoms with E-state index in [9.17, 15) is 14.4 Å². The summed E-state index contributed by atoms with van der Waals surface area (Å²) < 4.78 is 0. The first-order valence-electron chi connectivity index (χ1n) is 7.53. The molecule has 0 spiro atoms. The van der Waals surface area contributed by atoms with E-state index in [4.69, 9.17) is 5.11 Å². The van der Waals surface area contributed by atoms with Gasteiger partial charge in [0.15, 0.2) is 0 Å². The van der Waals surface area contributed by atoms with Gasteiger partial charge in [0, 0.05) is 31.8 Å². The Kier molecular flexibility index (Phi) is 5.51. The van der Waals surface area contributed by atoms with Crippen LogP contribution in [0.4, 0.5) is 0 Å². The molecule has 1 aliphatic heterocycles. The second kappa shape index (κ2) is 7.58. The number of aliphatic carboxylic acids is 1. The Labute approximate surface area is 134 Å². The number of hydrogen-bond donors (Lipinski definition) is 2. The largest absolute Gasteiger partial charge is 0.481 e. The van der Waals surface area contributed by atoms with Crippen molar-refractivity contribution in [1.29, 1.82) is 0 Å². The lowest BCUT2D eigenvalue weighted by Gasteiger charge is -2.29. The van der Waals surface area contributed by atoms with Crippen molar-refractivity contribution in [3.63, 3.8) is 0 Å². The van der Waals surface area contributed by atoms with Crippen molar-refractivity contribution in [2.24, 2.45) is 5.92 Å². The summed E-state index contributed by atoms with van der Waals surface area (Å²) in [5.41, 5.74) is 1.36. The Morgan fingerprint density at radius 3 is 2.57 bits per heavy atom. The van der Waals surface area contributed by atoms with Crippen molar-refractivity contribution in [2.45, 2.75) is 12.8 Å².